The minimum absolute atomic E-state index is 0.200. The van der Waals surface area contributed by atoms with Crippen molar-refractivity contribution in [1.82, 2.24) is 0 Å². The Labute approximate surface area is 123 Å². The Balaban J connectivity index is 1.89. The van der Waals surface area contributed by atoms with Crippen molar-refractivity contribution >= 4 is 21.4 Å². The summed E-state index contributed by atoms with van der Waals surface area (Å²) in [5.41, 5.74) is 0.608. The summed E-state index contributed by atoms with van der Waals surface area (Å²) in [5.74, 6) is -0.447. The summed E-state index contributed by atoms with van der Waals surface area (Å²) in [6.45, 7) is 0. The number of anilines is 1. The molecule has 2 aromatic carbocycles. The van der Waals surface area contributed by atoms with Gasteiger partial charge in [0.2, 0.25) is 5.91 Å². The zero-order valence-electron chi connectivity index (χ0n) is 11.3. The summed E-state index contributed by atoms with van der Waals surface area (Å²) in [5, 5.41) is 2.70. The molecule has 5 heteroatoms. The van der Waals surface area contributed by atoms with E-state index in [1.54, 1.807) is 42.5 Å². The molecule has 1 aliphatic rings. The number of rotatable bonds is 4. The highest BCUT2D eigenvalue weighted by atomic mass is 32.2. The van der Waals surface area contributed by atoms with Crippen molar-refractivity contribution in [1.29, 1.82) is 0 Å². The molecule has 1 saturated carbocycles. The van der Waals surface area contributed by atoms with Gasteiger partial charge in [-0.3, -0.25) is 4.79 Å². The Morgan fingerprint density at radius 3 is 1.95 bits per heavy atom. The highest BCUT2D eigenvalue weighted by molar-refractivity contribution is 7.94. The molecule has 0 aliphatic heterocycles. The molecule has 0 unspecified atom stereocenters. The summed E-state index contributed by atoms with van der Waals surface area (Å²) in [7, 11) is -3.66. The van der Waals surface area contributed by atoms with Crippen LogP contribution in [-0.4, -0.2) is 19.1 Å². The van der Waals surface area contributed by atoms with Crippen LogP contribution in [-0.2, 0) is 14.6 Å². The first kappa shape index (κ1) is 13.8. The Morgan fingerprint density at radius 1 is 0.905 bits per heavy atom. The van der Waals surface area contributed by atoms with Crippen LogP contribution >= 0.6 is 0 Å². The van der Waals surface area contributed by atoms with Gasteiger partial charge >= 0.3 is 0 Å². The molecule has 0 atom stereocenters. The Hall–Kier alpha value is -2.14. The predicted octanol–water partition coefficient (Wildman–Crippen LogP) is 2.63. The third-order valence-corrected chi connectivity index (χ3v) is 6.23. The standard InChI is InChI=1S/C16H15NO3S/c18-15(17-13-7-3-1-4-8-13)16(11-12-16)21(19,20)14-9-5-2-6-10-14/h1-10H,11-12H2,(H,17,18). The number of hydrogen-bond acceptors (Lipinski definition) is 3. The van der Waals surface area contributed by atoms with Crippen molar-refractivity contribution in [2.45, 2.75) is 22.5 Å². The third-order valence-electron chi connectivity index (χ3n) is 3.72. The fourth-order valence-electron chi connectivity index (χ4n) is 2.32. The number of amides is 1. The van der Waals surface area contributed by atoms with E-state index in [0.29, 0.717) is 18.5 Å². The minimum Gasteiger partial charge on any atom is -0.325 e. The van der Waals surface area contributed by atoms with Gasteiger partial charge in [-0.1, -0.05) is 36.4 Å². The highest BCUT2D eigenvalue weighted by Crippen LogP contribution is 2.47. The van der Waals surface area contributed by atoms with E-state index in [0.717, 1.165) is 0 Å². The Kier molecular flexibility index (Phi) is 3.29. The van der Waals surface area contributed by atoms with E-state index < -0.39 is 20.5 Å². The van der Waals surface area contributed by atoms with Crippen LogP contribution in [0.25, 0.3) is 0 Å². The van der Waals surface area contributed by atoms with E-state index in [1.165, 1.54) is 12.1 Å². The lowest BCUT2D eigenvalue weighted by atomic mass is 10.3. The average Bonchev–Trinajstić information content (AvgIpc) is 3.31. The van der Waals surface area contributed by atoms with Crippen molar-refractivity contribution in [3.05, 3.63) is 60.7 Å². The molecule has 0 heterocycles. The summed E-state index contributed by atoms with van der Waals surface area (Å²) < 4.78 is 24.1. The molecule has 2 aromatic rings. The Morgan fingerprint density at radius 2 is 1.43 bits per heavy atom. The molecule has 0 radical (unpaired) electrons. The van der Waals surface area contributed by atoms with Crippen molar-refractivity contribution in [3.8, 4) is 0 Å². The number of hydrogen-bond donors (Lipinski definition) is 1. The van der Waals surface area contributed by atoms with Gasteiger partial charge in [0.1, 0.15) is 0 Å². The van der Waals surface area contributed by atoms with Crippen molar-refractivity contribution in [2.75, 3.05) is 5.32 Å². The van der Waals surface area contributed by atoms with E-state index in [9.17, 15) is 13.2 Å². The monoisotopic (exact) mass is 301 g/mol. The Bertz CT molecular complexity index is 751. The molecule has 108 valence electrons. The van der Waals surface area contributed by atoms with Gasteiger partial charge in [0, 0.05) is 5.69 Å². The maximum atomic E-state index is 12.7. The van der Waals surface area contributed by atoms with Gasteiger partial charge in [-0.15, -0.1) is 0 Å². The lowest BCUT2D eigenvalue weighted by Crippen LogP contribution is -2.37. The number of benzene rings is 2. The summed E-state index contributed by atoms with van der Waals surface area (Å²) in [6, 6.07) is 17.0. The molecule has 1 amide bonds. The first-order chi connectivity index (χ1) is 10.1. The first-order valence-electron chi connectivity index (χ1n) is 6.72. The molecule has 0 spiro atoms. The van der Waals surface area contributed by atoms with Crippen LogP contribution in [0.2, 0.25) is 0 Å². The number of carbonyl (C=O) groups is 1. The number of para-hydroxylation sites is 1. The molecule has 0 bridgehead atoms. The fourth-order valence-corrected chi connectivity index (χ4v) is 4.22. The van der Waals surface area contributed by atoms with Crippen LogP contribution in [0.3, 0.4) is 0 Å². The van der Waals surface area contributed by atoms with Crippen LogP contribution in [0, 0.1) is 0 Å². The predicted molar refractivity (Wildman–Crippen MR) is 80.7 cm³/mol. The van der Waals surface area contributed by atoms with Crippen LogP contribution < -0.4 is 5.32 Å². The summed E-state index contributed by atoms with van der Waals surface area (Å²) in [4.78, 5) is 12.6. The summed E-state index contributed by atoms with van der Waals surface area (Å²) >= 11 is 0. The van der Waals surface area contributed by atoms with Crippen molar-refractivity contribution in [2.24, 2.45) is 0 Å². The molecule has 4 nitrogen and oxygen atoms in total. The zero-order valence-corrected chi connectivity index (χ0v) is 12.1. The molecule has 0 saturated heterocycles. The van der Waals surface area contributed by atoms with Crippen LogP contribution in [0.15, 0.2) is 65.6 Å². The van der Waals surface area contributed by atoms with Gasteiger partial charge in [0.25, 0.3) is 0 Å². The van der Waals surface area contributed by atoms with Gasteiger partial charge in [0.15, 0.2) is 14.6 Å². The second-order valence-electron chi connectivity index (χ2n) is 5.13. The van der Waals surface area contributed by atoms with E-state index in [1.807, 2.05) is 6.07 Å². The molecule has 3 rings (SSSR count). The molecule has 1 fully saturated rings. The highest BCUT2D eigenvalue weighted by Gasteiger charge is 2.61. The third kappa shape index (κ3) is 2.34. The topological polar surface area (TPSA) is 63.2 Å². The number of carbonyl (C=O) groups excluding carboxylic acids is 1. The van der Waals surface area contributed by atoms with Crippen molar-refractivity contribution < 1.29 is 13.2 Å². The second kappa shape index (κ2) is 5.00. The van der Waals surface area contributed by atoms with Gasteiger partial charge in [-0.2, -0.15) is 0 Å². The largest absolute Gasteiger partial charge is 0.325 e. The molecular weight excluding hydrogens is 286 g/mol. The van der Waals surface area contributed by atoms with Crippen LogP contribution in [0.5, 0.6) is 0 Å². The molecular formula is C16H15NO3S. The molecule has 1 aliphatic carbocycles. The fraction of sp³-hybridized carbons (Fsp3) is 0.188. The van der Waals surface area contributed by atoms with Crippen LogP contribution in [0.4, 0.5) is 5.69 Å². The van der Waals surface area contributed by atoms with Gasteiger partial charge in [0.05, 0.1) is 4.90 Å². The smallest absolute Gasteiger partial charge is 0.246 e. The zero-order chi connectivity index (χ0) is 14.9. The first-order valence-corrected chi connectivity index (χ1v) is 8.21. The molecule has 21 heavy (non-hydrogen) atoms. The average molecular weight is 301 g/mol. The lowest BCUT2D eigenvalue weighted by molar-refractivity contribution is -0.116. The van der Waals surface area contributed by atoms with Gasteiger partial charge in [-0.05, 0) is 37.1 Å². The number of sulfone groups is 1. The minimum atomic E-state index is -3.66. The van der Waals surface area contributed by atoms with Crippen LogP contribution in [0.1, 0.15) is 12.8 Å². The maximum absolute atomic E-state index is 12.7. The van der Waals surface area contributed by atoms with E-state index in [-0.39, 0.29) is 4.90 Å². The molecule has 1 N–H and O–H groups in total. The second-order valence-corrected chi connectivity index (χ2v) is 7.39. The number of nitrogens with one attached hydrogen (secondary N) is 1. The van der Waals surface area contributed by atoms with Crippen molar-refractivity contribution in [3.63, 3.8) is 0 Å². The lowest BCUT2D eigenvalue weighted by Gasteiger charge is -2.16. The van der Waals surface area contributed by atoms with E-state index in [4.69, 9.17) is 0 Å². The van der Waals surface area contributed by atoms with Gasteiger partial charge < -0.3 is 5.32 Å². The van der Waals surface area contributed by atoms with E-state index >= 15 is 0 Å². The SMILES string of the molecule is O=C(Nc1ccccc1)C1(S(=O)(=O)c2ccccc2)CC1. The van der Waals surface area contributed by atoms with E-state index in [2.05, 4.69) is 5.32 Å². The molecule has 0 aromatic heterocycles. The normalized spacial score (nSPS) is 16.2. The quantitative estimate of drug-likeness (QED) is 0.944. The maximum Gasteiger partial charge on any atom is 0.246 e. The van der Waals surface area contributed by atoms with Gasteiger partial charge in [-0.25, -0.2) is 8.42 Å². The summed E-state index contributed by atoms with van der Waals surface area (Å²) in [6.07, 6.45) is 0.728.